The number of hydrogen-bond donors (Lipinski definition) is 0. The van der Waals surface area contributed by atoms with E-state index in [2.05, 4.69) is 0 Å². The summed E-state index contributed by atoms with van der Waals surface area (Å²) in [5.74, 6) is 0.251. The summed E-state index contributed by atoms with van der Waals surface area (Å²) >= 11 is 0. The predicted molar refractivity (Wildman–Crippen MR) is 105 cm³/mol. The van der Waals surface area contributed by atoms with E-state index < -0.39 is 0 Å². The Morgan fingerprint density at radius 2 is 1.75 bits per heavy atom. The summed E-state index contributed by atoms with van der Waals surface area (Å²) in [6.07, 6.45) is 10.6. The van der Waals surface area contributed by atoms with Crippen LogP contribution in [0.15, 0.2) is 52.2 Å². The fourth-order valence-electron chi connectivity index (χ4n) is 4.21. The zero-order chi connectivity index (χ0) is 19.3. The number of nitrogens with zero attached hydrogens (tertiary/aromatic N) is 3. The molecule has 0 radical (unpaired) electrons. The lowest BCUT2D eigenvalue weighted by atomic mass is 9.95. The molecule has 1 saturated carbocycles. The van der Waals surface area contributed by atoms with Crippen molar-refractivity contribution < 1.29 is 14.0 Å². The molecule has 6 nitrogen and oxygen atoms in total. The van der Waals surface area contributed by atoms with Crippen molar-refractivity contribution in [3.05, 3.63) is 54.0 Å². The summed E-state index contributed by atoms with van der Waals surface area (Å²) in [4.78, 5) is 32.2. The first-order valence-corrected chi connectivity index (χ1v) is 10.3. The number of carbonyl (C=O) groups is 2. The Bertz CT molecular complexity index is 870. The number of furan rings is 1. The molecule has 148 valence electrons. The monoisotopic (exact) mass is 381 g/mol. The smallest absolute Gasteiger partial charge is 0.289 e. The van der Waals surface area contributed by atoms with Crippen LogP contribution in [-0.4, -0.2) is 40.4 Å². The third kappa shape index (κ3) is 4.11. The van der Waals surface area contributed by atoms with Gasteiger partial charge in [0.1, 0.15) is 5.49 Å². The predicted octanol–water partition coefficient (Wildman–Crippen LogP) is 3.51. The molecule has 0 N–H and O–H groups in total. The van der Waals surface area contributed by atoms with E-state index in [4.69, 9.17) is 9.41 Å². The number of pyridine rings is 1. The number of carbonyl (C=O) groups excluding carboxylic acids is 2. The van der Waals surface area contributed by atoms with Gasteiger partial charge < -0.3 is 9.32 Å². The van der Waals surface area contributed by atoms with Gasteiger partial charge in [-0.05, 0) is 49.9 Å². The number of rotatable bonds is 3. The second kappa shape index (κ2) is 8.59. The highest BCUT2D eigenvalue weighted by atomic mass is 16.3. The molecule has 2 aromatic rings. The van der Waals surface area contributed by atoms with E-state index in [1.807, 2.05) is 24.4 Å². The third-order valence-corrected chi connectivity index (χ3v) is 5.83. The van der Waals surface area contributed by atoms with Gasteiger partial charge in [-0.25, -0.2) is 0 Å². The first-order valence-electron chi connectivity index (χ1n) is 10.3. The van der Waals surface area contributed by atoms with Crippen molar-refractivity contribution in [3.63, 3.8) is 0 Å². The minimum Gasteiger partial charge on any atom is -0.459 e. The van der Waals surface area contributed by atoms with Gasteiger partial charge in [0.2, 0.25) is 5.91 Å². The zero-order valence-electron chi connectivity index (χ0n) is 16.1. The van der Waals surface area contributed by atoms with Gasteiger partial charge in [0.25, 0.3) is 5.91 Å². The normalized spacial score (nSPS) is 19.7. The lowest BCUT2D eigenvalue weighted by molar-refractivity contribution is 0.0597. The molecular formula is C22H27N3O3. The maximum atomic E-state index is 13.1. The Morgan fingerprint density at radius 1 is 0.964 bits per heavy atom. The van der Waals surface area contributed by atoms with Crippen molar-refractivity contribution in [3.8, 4) is 0 Å². The lowest BCUT2D eigenvalue weighted by Crippen LogP contribution is -2.42. The van der Waals surface area contributed by atoms with Crippen molar-refractivity contribution in [1.82, 2.24) is 9.47 Å². The van der Waals surface area contributed by atoms with E-state index >= 15 is 0 Å². The van der Waals surface area contributed by atoms with Crippen molar-refractivity contribution >= 4 is 11.8 Å². The van der Waals surface area contributed by atoms with E-state index in [9.17, 15) is 9.59 Å². The highest BCUT2D eigenvalue weighted by molar-refractivity contribution is 5.91. The number of likely N-dealkylation sites (tertiary alicyclic amines) is 1. The van der Waals surface area contributed by atoms with Crippen LogP contribution in [0.3, 0.4) is 0 Å². The Hall–Kier alpha value is -2.63. The van der Waals surface area contributed by atoms with Crippen LogP contribution in [-0.2, 0) is 0 Å². The largest absolute Gasteiger partial charge is 0.459 e. The van der Waals surface area contributed by atoms with Crippen LogP contribution in [0.1, 0.15) is 60.3 Å². The second-order valence-electron chi connectivity index (χ2n) is 7.73. The highest BCUT2D eigenvalue weighted by Crippen LogP contribution is 2.21. The molecule has 1 amide bonds. The van der Waals surface area contributed by atoms with Crippen LogP contribution < -0.4 is 5.49 Å². The average molecular weight is 381 g/mol. The van der Waals surface area contributed by atoms with E-state index in [-0.39, 0.29) is 17.7 Å². The molecular weight excluding hydrogens is 354 g/mol. The molecule has 0 atom stereocenters. The molecule has 6 heteroatoms. The summed E-state index contributed by atoms with van der Waals surface area (Å²) in [6.45, 7) is 1.14. The third-order valence-electron chi connectivity index (χ3n) is 5.83. The SMILES string of the molecule is O=C(c1ccco1)N1CCC(C(=O)n2ccccc2=NC2CCCCC2)CC1. The van der Waals surface area contributed by atoms with Crippen molar-refractivity contribution in [2.24, 2.45) is 10.9 Å². The summed E-state index contributed by atoms with van der Waals surface area (Å²) in [6, 6.07) is 9.47. The fourth-order valence-corrected chi connectivity index (χ4v) is 4.21. The van der Waals surface area contributed by atoms with Gasteiger partial charge >= 0.3 is 0 Å². The molecule has 0 unspecified atom stereocenters. The molecule has 28 heavy (non-hydrogen) atoms. The van der Waals surface area contributed by atoms with E-state index in [0.717, 1.165) is 18.3 Å². The molecule has 2 aromatic heterocycles. The molecule has 1 aliphatic heterocycles. The summed E-state index contributed by atoms with van der Waals surface area (Å²) < 4.78 is 6.92. The zero-order valence-corrected chi connectivity index (χ0v) is 16.1. The van der Waals surface area contributed by atoms with Crippen LogP contribution in [0.5, 0.6) is 0 Å². The van der Waals surface area contributed by atoms with Crippen molar-refractivity contribution in [2.75, 3.05) is 13.1 Å². The Morgan fingerprint density at radius 3 is 2.46 bits per heavy atom. The molecule has 1 saturated heterocycles. The van der Waals surface area contributed by atoms with Gasteiger partial charge in [-0.3, -0.25) is 19.1 Å². The molecule has 2 fully saturated rings. The van der Waals surface area contributed by atoms with E-state index in [1.54, 1.807) is 21.6 Å². The first-order chi connectivity index (χ1) is 13.7. The van der Waals surface area contributed by atoms with Gasteiger partial charge in [-0.1, -0.05) is 25.3 Å². The maximum Gasteiger partial charge on any atom is 0.289 e. The molecule has 4 rings (SSSR count). The summed E-state index contributed by atoms with van der Waals surface area (Å²) in [7, 11) is 0. The average Bonchev–Trinajstić information content (AvgIpc) is 3.29. The van der Waals surface area contributed by atoms with Gasteiger partial charge in [0.15, 0.2) is 5.76 Å². The van der Waals surface area contributed by atoms with E-state index in [1.165, 1.54) is 25.5 Å². The molecule has 2 aliphatic rings. The minimum absolute atomic E-state index is 0.0836. The molecule has 0 bridgehead atoms. The summed E-state index contributed by atoms with van der Waals surface area (Å²) in [5.41, 5.74) is 0.758. The Kier molecular flexibility index (Phi) is 5.74. The number of hydrogen-bond acceptors (Lipinski definition) is 4. The topological polar surface area (TPSA) is 67.8 Å². The number of piperidine rings is 1. The van der Waals surface area contributed by atoms with Crippen LogP contribution in [0, 0.1) is 5.92 Å². The van der Waals surface area contributed by atoms with E-state index in [0.29, 0.717) is 37.7 Å². The molecule has 0 aromatic carbocycles. The van der Waals surface area contributed by atoms with Crippen molar-refractivity contribution in [2.45, 2.75) is 51.0 Å². The van der Waals surface area contributed by atoms with Crippen LogP contribution in [0.4, 0.5) is 0 Å². The van der Waals surface area contributed by atoms with Crippen molar-refractivity contribution in [1.29, 1.82) is 0 Å². The van der Waals surface area contributed by atoms with Gasteiger partial charge in [-0.15, -0.1) is 0 Å². The highest BCUT2D eigenvalue weighted by Gasteiger charge is 2.29. The Labute approximate surface area is 164 Å². The molecule has 3 heterocycles. The standard InChI is InChI=1S/C22H27N3O3/c26-21(17-11-14-24(15-12-17)22(27)19-9-6-16-28-19)25-13-5-4-10-20(25)23-18-7-2-1-3-8-18/h4-6,9-10,13,16-18H,1-3,7-8,11-12,14-15H2. The molecule has 0 spiro atoms. The molecule has 1 aliphatic carbocycles. The van der Waals surface area contributed by atoms with Gasteiger partial charge in [-0.2, -0.15) is 0 Å². The van der Waals surface area contributed by atoms with Crippen LogP contribution >= 0.6 is 0 Å². The first kappa shape index (κ1) is 18.7. The van der Waals surface area contributed by atoms with Crippen LogP contribution in [0.2, 0.25) is 0 Å². The summed E-state index contributed by atoms with van der Waals surface area (Å²) in [5, 5.41) is 0. The second-order valence-corrected chi connectivity index (χ2v) is 7.73. The Balaban J connectivity index is 1.44. The minimum atomic E-state index is -0.101. The quantitative estimate of drug-likeness (QED) is 0.817. The van der Waals surface area contributed by atoms with Gasteiger partial charge in [0.05, 0.1) is 12.3 Å². The lowest BCUT2D eigenvalue weighted by Gasteiger charge is -2.31. The van der Waals surface area contributed by atoms with Gasteiger partial charge in [0, 0.05) is 25.2 Å². The van der Waals surface area contributed by atoms with Crippen LogP contribution in [0.25, 0.3) is 0 Å². The number of aromatic nitrogens is 1. The maximum absolute atomic E-state index is 13.1. The fraction of sp³-hybridized carbons (Fsp3) is 0.500. The number of amides is 1.